The number of thioether (sulfide) groups is 1. The number of rotatable bonds is 5. The van der Waals surface area contributed by atoms with Gasteiger partial charge in [-0.2, -0.15) is 0 Å². The van der Waals surface area contributed by atoms with E-state index in [1.807, 2.05) is 19.2 Å². The van der Waals surface area contributed by atoms with Gasteiger partial charge in [-0.25, -0.2) is 9.97 Å². The SMILES string of the molecule is CSc1ccc(CN2CCC(Nc3nccc(C)n3)C2)cc1. The van der Waals surface area contributed by atoms with Gasteiger partial charge < -0.3 is 5.32 Å². The average Bonchev–Trinajstić information content (AvgIpc) is 2.95. The van der Waals surface area contributed by atoms with Crippen molar-refractivity contribution >= 4 is 17.7 Å². The monoisotopic (exact) mass is 314 g/mol. The van der Waals surface area contributed by atoms with E-state index in [4.69, 9.17) is 0 Å². The van der Waals surface area contributed by atoms with Crippen LogP contribution in [-0.4, -0.2) is 40.3 Å². The summed E-state index contributed by atoms with van der Waals surface area (Å²) in [4.78, 5) is 12.5. The number of hydrogen-bond donors (Lipinski definition) is 1. The molecule has 1 aromatic carbocycles. The lowest BCUT2D eigenvalue weighted by Gasteiger charge is -2.17. The maximum atomic E-state index is 4.42. The van der Waals surface area contributed by atoms with E-state index in [1.165, 1.54) is 10.5 Å². The van der Waals surface area contributed by atoms with Gasteiger partial charge in [0.1, 0.15) is 0 Å². The predicted molar refractivity (Wildman–Crippen MR) is 92.3 cm³/mol. The number of anilines is 1. The van der Waals surface area contributed by atoms with Gasteiger partial charge in [0.2, 0.25) is 5.95 Å². The van der Waals surface area contributed by atoms with Crippen LogP contribution in [0, 0.1) is 6.92 Å². The van der Waals surface area contributed by atoms with Crippen molar-refractivity contribution in [3.05, 3.63) is 47.8 Å². The molecule has 1 aliphatic rings. The summed E-state index contributed by atoms with van der Waals surface area (Å²) in [5.41, 5.74) is 2.38. The molecule has 2 heterocycles. The second-order valence-corrected chi connectivity index (χ2v) is 6.61. The molecular formula is C17H22N4S. The summed E-state index contributed by atoms with van der Waals surface area (Å²) < 4.78 is 0. The Hall–Kier alpha value is -1.59. The summed E-state index contributed by atoms with van der Waals surface area (Å²) in [5, 5.41) is 3.45. The van der Waals surface area contributed by atoms with Gasteiger partial charge in [0.25, 0.3) is 0 Å². The van der Waals surface area contributed by atoms with Crippen LogP contribution in [0.15, 0.2) is 41.4 Å². The highest BCUT2D eigenvalue weighted by Gasteiger charge is 2.22. The third-order valence-electron chi connectivity index (χ3n) is 3.97. The Morgan fingerprint density at radius 3 is 2.82 bits per heavy atom. The van der Waals surface area contributed by atoms with Crippen LogP contribution in [0.5, 0.6) is 0 Å². The lowest BCUT2D eigenvalue weighted by molar-refractivity contribution is 0.328. The van der Waals surface area contributed by atoms with Gasteiger partial charge in [-0.1, -0.05) is 12.1 Å². The standard InChI is InChI=1S/C17H22N4S/c1-13-7-9-18-17(19-13)20-15-8-10-21(12-15)11-14-3-5-16(22-2)6-4-14/h3-7,9,15H,8,10-12H2,1-2H3,(H,18,19,20). The van der Waals surface area contributed by atoms with E-state index >= 15 is 0 Å². The lowest BCUT2D eigenvalue weighted by atomic mass is 10.2. The van der Waals surface area contributed by atoms with Crippen LogP contribution < -0.4 is 5.32 Å². The number of aromatic nitrogens is 2. The van der Waals surface area contributed by atoms with Crippen molar-refractivity contribution in [2.45, 2.75) is 30.8 Å². The van der Waals surface area contributed by atoms with E-state index in [1.54, 1.807) is 11.8 Å². The van der Waals surface area contributed by atoms with Gasteiger partial charge in [-0.3, -0.25) is 4.90 Å². The molecule has 1 aliphatic heterocycles. The summed E-state index contributed by atoms with van der Waals surface area (Å²) in [7, 11) is 0. The zero-order valence-corrected chi connectivity index (χ0v) is 13.9. The second-order valence-electron chi connectivity index (χ2n) is 5.73. The molecule has 1 N–H and O–H groups in total. The molecule has 0 radical (unpaired) electrons. The fraction of sp³-hybridized carbons (Fsp3) is 0.412. The molecule has 0 bridgehead atoms. The van der Waals surface area contributed by atoms with Crippen molar-refractivity contribution in [1.82, 2.24) is 14.9 Å². The Kier molecular flexibility index (Phi) is 4.95. The topological polar surface area (TPSA) is 41.0 Å². The molecule has 116 valence electrons. The van der Waals surface area contributed by atoms with Crippen LogP contribution in [-0.2, 0) is 6.54 Å². The maximum absolute atomic E-state index is 4.42. The normalized spacial score (nSPS) is 18.5. The van der Waals surface area contributed by atoms with Crippen molar-refractivity contribution in [3.8, 4) is 0 Å². The zero-order valence-electron chi connectivity index (χ0n) is 13.1. The van der Waals surface area contributed by atoms with Crippen LogP contribution in [0.4, 0.5) is 5.95 Å². The molecule has 1 unspecified atom stereocenters. The minimum atomic E-state index is 0.437. The molecule has 0 spiro atoms. The van der Waals surface area contributed by atoms with Crippen LogP contribution in [0.3, 0.4) is 0 Å². The predicted octanol–water partition coefficient (Wildman–Crippen LogP) is 3.19. The smallest absolute Gasteiger partial charge is 0.223 e. The molecule has 3 rings (SSSR count). The van der Waals surface area contributed by atoms with Gasteiger partial charge in [0.15, 0.2) is 0 Å². The highest BCUT2D eigenvalue weighted by atomic mass is 32.2. The highest BCUT2D eigenvalue weighted by molar-refractivity contribution is 7.98. The molecule has 22 heavy (non-hydrogen) atoms. The van der Waals surface area contributed by atoms with Gasteiger partial charge >= 0.3 is 0 Å². The Balaban J connectivity index is 1.53. The number of likely N-dealkylation sites (tertiary alicyclic amines) is 1. The second kappa shape index (κ2) is 7.11. The first-order chi connectivity index (χ1) is 10.7. The van der Waals surface area contributed by atoms with E-state index in [0.29, 0.717) is 6.04 Å². The van der Waals surface area contributed by atoms with Crippen LogP contribution >= 0.6 is 11.8 Å². The zero-order chi connectivity index (χ0) is 15.4. The minimum Gasteiger partial charge on any atom is -0.350 e. The van der Waals surface area contributed by atoms with E-state index in [-0.39, 0.29) is 0 Å². The number of nitrogens with one attached hydrogen (secondary N) is 1. The van der Waals surface area contributed by atoms with Crippen molar-refractivity contribution < 1.29 is 0 Å². The molecule has 1 aromatic heterocycles. The summed E-state index contributed by atoms with van der Waals surface area (Å²) in [6.07, 6.45) is 5.06. The van der Waals surface area contributed by atoms with Crippen LogP contribution in [0.1, 0.15) is 17.7 Å². The van der Waals surface area contributed by atoms with Crippen LogP contribution in [0.25, 0.3) is 0 Å². The Bertz CT molecular complexity index is 614. The lowest BCUT2D eigenvalue weighted by Crippen LogP contribution is -2.26. The molecule has 5 heteroatoms. The van der Waals surface area contributed by atoms with Gasteiger partial charge in [-0.05, 0) is 43.4 Å². The third-order valence-corrected chi connectivity index (χ3v) is 4.71. The van der Waals surface area contributed by atoms with Gasteiger partial charge in [0, 0.05) is 42.5 Å². The molecule has 1 saturated heterocycles. The average molecular weight is 314 g/mol. The van der Waals surface area contributed by atoms with Crippen molar-refractivity contribution in [1.29, 1.82) is 0 Å². The summed E-state index contributed by atoms with van der Waals surface area (Å²) in [6, 6.07) is 11.2. The quantitative estimate of drug-likeness (QED) is 0.858. The van der Waals surface area contributed by atoms with E-state index in [9.17, 15) is 0 Å². The molecule has 0 aliphatic carbocycles. The fourth-order valence-electron chi connectivity index (χ4n) is 2.78. The summed E-state index contributed by atoms with van der Waals surface area (Å²) in [6.45, 7) is 5.17. The molecule has 1 atom stereocenters. The van der Waals surface area contributed by atoms with Gasteiger partial charge in [-0.15, -0.1) is 11.8 Å². The Morgan fingerprint density at radius 1 is 1.27 bits per heavy atom. The summed E-state index contributed by atoms with van der Waals surface area (Å²) >= 11 is 1.79. The highest BCUT2D eigenvalue weighted by Crippen LogP contribution is 2.19. The van der Waals surface area contributed by atoms with Crippen molar-refractivity contribution in [3.63, 3.8) is 0 Å². The minimum absolute atomic E-state index is 0.437. The Labute approximate surface area is 136 Å². The Morgan fingerprint density at radius 2 is 2.09 bits per heavy atom. The van der Waals surface area contributed by atoms with Crippen molar-refractivity contribution in [2.75, 3.05) is 24.7 Å². The van der Waals surface area contributed by atoms with Gasteiger partial charge in [0.05, 0.1) is 0 Å². The molecule has 4 nitrogen and oxygen atoms in total. The molecule has 1 fully saturated rings. The first-order valence-corrected chi connectivity index (χ1v) is 8.87. The molecule has 0 amide bonds. The first-order valence-electron chi connectivity index (χ1n) is 7.64. The molecule has 0 saturated carbocycles. The van der Waals surface area contributed by atoms with E-state index in [0.717, 1.165) is 37.7 Å². The van der Waals surface area contributed by atoms with E-state index in [2.05, 4.69) is 50.7 Å². The molecular weight excluding hydrogens is 292 g/mol. The third kappa shape index (κ3) is 3.99. The first kappa shape index (κ1) is 15.3. The maximum Gasteiger partial charge on any atom is 0.223 e. The largest absolute Gasteiger partial charge is 0.350 e. The van der Waals surface area contributed by atoms with Crippen LogP contribution in [0.2, 0.25) is 0 Å². The fourth-order valence-corrected chi connectivity index (χ4v) is 3.19. The number of aryl methyl sites for hydroxylation is 1. The summed E-state index contributed by atoms with van der Waals surface area (Å²) in [5.74, 6) is 0.746. The van der Waals surface area contributed by atoms with Crippen molar-refractivity contribution in [2.24, 2.45) is 0 Å². The number of nitrogens with zero attached hydrogens (tertiary/aromatic N) is 3. The molecule has 2 aromatic rings. The number of benzene rings is 1. The number of hydrogen-bond acceptors (Lipinski definition) is 5. The van der Waals surface area contributed by atoms with E-state index < -0.39 is 0 Å².